The Bertz CT molecular complexity index is 712. The molecule has 2 atom stereocenters. The van der Waals surface area contributed by atoms with Gasteiger partial charge in [0.15, 0.2) is 0 Å². The third-order valence-electron chi connectivity index (χ3n) is 4.29. The van der Waals surface area contributed by atoms with Crippen LogP contribution in [0.25, 0.3) is 0 Å². The Morgan fingerprint density at radius 1 is 1.29 bits per heavy atom. The lowest BCUT2D eigenvalue weighted by molar-refractivity contribution is -0.133. The summed E-state index contributed by atoms with van der Waals surface area (Å²) in [6, 6.07) is 6.85. The van der Waals surface area contributed by atoms with E-state index in [0.717, 1.165) is 4.90 Å². The van der Waals surface area contributed by atoms with Gasteiger partial charge < -0.3 is 10.2 Å². The van der Waals surface area contributed by atoms with Crippen molar-refractivity contribution in [3.05, 3.63) is 30.3 Å². The third-order valence-corrected chi connectivity index (χ3v) is 5.82. The van der Waals surface area contributed by atoms with Crippen molar-refractivity contribution in [2.75, 3.05) is 19.6 Å². The van der Waals surface area contributed by atoms with Gasteiger partial charge in [0.2, 0.25) is 15.9 Å². The first-order valence-electron chi connectivity index (χ1n) is 7.74. The number of likely N-dealkylation sites (tertiary alicyclic amines) is 1. The van der Waals surface area contributed by atoms with Crippen molar-refractivity contribution >= 4 is 15.9 Å². The molecule has 2 aliphatic rings. The fourth-order valence-electron chi connectivity index (χ4n) is 3.05. The Morgan fingerprint density at radius 2 is 2.00 bits per heavy atom. The Hall–Kier alpha value is -1.58. The quantitative estimate of drug-likeness (QED) is 0.824. The molecule has 0 unspecified atom stereocenters. The van der Waals surface area contributed by atoms with Crippen LogP contribution in [0.3, 0.4) is 0 Å². The van der Waals surface area contributed by atoms with E-state index >= 15 is 0 Å². The molecule has 3 rings (SSSR count). The minimum absolute atomic E-state index is 0.0322. The highest BCUT2D eigenvalue weighted by atomic mass is 32.2. The predicted octanol–water partition coefficient (Wildman–Crippen LogP) is 0.563. The number of amides is 1. The molecule has 0 saturated carbocycles. The van der Waals surface area contributed by atoms with Gasteiger partial charge >= 0.3 is 0 Å². The van der Waals surface area contributed by atoms with E-state index in [-0.39, 0.29) is 30.8 Å². The standard InChI is InChI=1S/C15H19F2N3O3S/c16-15(17)6-7-20(10-15)14(21)13-8-11(9-18-13)19-24(22,23)12-4-2-1-3-5-12/h1-5,11,13,18-19H,6-10H2/t11-,13-/m0/s1. The molecule has 0 spiro atoms. The van der Waals surface area contributed by atoms with Gasteiger partial charge in [0.1, 0.15) is 0 Å². The van der Waals surface area contributed by atoms with Crippen LogP contribution in [0, 0.1) is 0 Å². The number of carbonyl (C=O) groups excluding carboxylic acids is 1. The molecule has 1 amide bonds. The first-order chi connectivity index (χ1) is 11.3. The van der Waals surface area contributed by atoms with Crippen LogP contribution in [0.1, 0.15) is 12.8 Å². The summed E-state index contributed by atoms with van der Waals surface area (Å²) in [7, 11) is -3.67. The maximum Gasteiger partial charge on any atom is 0.267 e. The maximum atomic E-state index is 13.2. The van der Waals surface area contributed by atoms with E-state index in [1.807, 2.05) is 0 Å². The minimum Gasteiger partial charge on any atom is -0.335 e. The number of carbonyl (C=O) groups is 1. The van der Waals surface area contributed by atoms with Crippen LogP contribution >= 0.6 is 0 Å². The highest BCUT2D eigenvalue weighted by Gasteiger charge is 2.43. The number of nitrogens with zero attached hydrogens (tertiary/aromatic N) is 1. The van der Waals surface area contributed by atoms with Gasteiger partial charge in [-0.25, -0.2) is 21.9 Å². The average Bonchev–Trinajstić information content (AvgIpc) is 3.13. The number of alkyl halides is 2. The second kappa shape index (κ2) is 6.38. The van der Waals surface area contributed by atoms with Crippen molar-refractivity contribution in [1.29, 1.82) is 0 Å². The predicted molar refractivity (Wildman–Crippen MR) is 83.1 cm³/mol. The molecule has 2 heterocycles. The molecule has 6 nitrogen and oxygen atoms in total. The molecule has 9 heteroatoms. The lowest BCUT2D eigenvalue weighted by Gasteiger charge is -2.20. The van der Waals surface area contributed by atoms with Gasteiger partial charge in [-0.15, -0.1) is 0 Å². The van der Waals surface area contributed by atoms with Gasteiger partial charge in [0.25, 0.3) is 5.92 Å². The SMILES string of the molecule is O=C([C@@H]1C[C@H](NS(=O)(=O)c2ccccc2)CN1)N1CCC(F)(F)C1. The van der Waals surface area contributed by atoms with Gasteiger partial charge in [-0.05, 0) is 18.6 Å². The van der Waals surface area contributed by atoms with Gasteiger partial charge in [0, 0.05) is 25.6 Å². The lowest BCUT2D eigenvalue weighted by Crippen LogP contribution is -2.43. The Kier molecular flexibility index (Phi) is 4.58. The highest BCUT2D eigenvalue weighted by Crippen LogP contribution is 2.28. The smallest absolute Gasteiger partial charge is 0.267 e. The summed E-state index contributed by atoms with van der Waals surface area (Å²) in [6.07, 6.45) is -0.0809. The van der Waals surface area contributed by atoms with Crippen molar-refractivity contribution in [3.8, 4) is 0 Å². The fraction of sp³-hybridized carbons (Fsp3) is 0.533. The number of hydrogen-bond donors (Lipinski definition) is 2. The number of benzene rings is 1. The maximum absolute atomic E-state index is 13.2. The molecule has 1 aromatic carbocycles. The van der Waals surface area contributed by atoms with Crippen LogP contribution in [0.4, 0.5) is 8.78 Å². The van der Waals surface area contributed by atoms with Crippen LogP contribution in [0.5, 0.6) is 0 Å². The summed E-state index contributed by atoms with van der Waals surface area (Å²) in [4.78, 5) is 13.6. The second-order valence-electron chi connectivity index (χ2n) is 6.19. The molecule has 0 bridgehead atoms. The topological polar surface area (TPSA) is 78.5 Å². The van der Waals surface area contributed by atoms with Crippen molar-refractivity contribution in [1.82, 2.24) is 14.9 Å². The van der Waals surface area contributed by atoms with Gasteiger partial charge in [-0.2, -0.15) is 0 Å². The van der Waals surface area contributed by atoms with Gasteiger partial charge in [-0.3, -0.25) is 4.79 Å². The molecule has 2 saturated heterocycles. The highest BCUT2D eigenvalue weighted by molar-refractivity contribution is 7.89. The van der Waals surface area contributed by atoms with E-state index in [2.05, 4.69) is 10.0 Å². The summed E-state index contributed by atoms with van der Waals surface area (Å²) in [5.74, 6) is -3.23. The fourth-order valence-corrected chi connectivity index (χ4v) is 4.32. The molecule has 0 aromatic heterocycles. The zero-order valence-electron chi connectivity index (χ0n) is 12.9. The summed E-state index contributed by atoms with van der Waals surface area (Å²) in [5.41, 5.74) is 0. The summed E-state index contributed by atoms with van der Waals surface area (Å²) in [6.45, 7) is -0.248. The molecular formula is C15H19F2N3O3S. The van der Waals surface area contributed by atoms with Gasteiger partial charge in [0.05, 0.1) is 17.5 Å². The van der Waals surface area contributed by atoms with Crippen LogP contribution in [0.15, 0.2) is 35.2 Å². The second-order valence-corrected chi connectivity index (χ2v) is 7.91. The van der Waals surface area contributed by atoms with E-state index in [1.54, 1.807) is 18.2 Å². The monoisotopic (exact) mass is 359 g/mol. The Morgan fingerprint density at radius 3 is 2.62 bits per heavy atom. The minimum atomic E-state index is -3.67. The zero-order chi connectivity index (χ0) is 17.4. The summed E-state index contributed by atoms with van der Waals surface area (Å²) < 4.78 is 53.5. The molecule has 0 aliphatic carbocycles. The molecule has 2 aliphatic heterocycles. The van der Waals surface area contributed by atoms with Crippen LogP contribution in [-0.2, 0) is 14.8 Å². The lowest BCUT2D eigenvalue weighted by atomic mass is 10.1. The molecule has 1 aromatic rings. The largest absolute Gasteiger partial charge is 0.335 e. The molecule has 2 fully saturated rings. The van der Waals surface area contributed by atoms with E-state index < -0.39 is 40.5 Å². The van der Waals surface area contributed by atoms with Crippen molar-refractivity contribution in [3.63, 3.8) is 0 Å². The first kappa shape index (κ1) is 17.2. The van der Waals surface area contributed by atoms with Crippen molar-refractivity contribution in [2.24, 2.45) is 0 Å². The van der Waals surface area contributed by atoms with Crippen LogP contribution < -0.4 is 10.0 Å². The normalized spacial score (nSPS) is 26.7. The number of rotatable bonds is 4. The van der Waals surface area contributed by atoms with E-state index in [9.17, 15) is 22.0 Å². The van der Waals surface area contributed by atoms with Crippen molar-refractivity contribution < 1.29 is 22.0 Å². The van der Waals surface area contributed by atoms with Gasteiger partial charge in [-0.1, -0.05) is 18.2 Å². The number of hydrogen-bond acceptors (Lipinski definition) is 4. The molecular weight excluding hydrogens is 340 g/mol. The Balaban J connectivity index is 1.59. The Labute approximate surface area is 139 Å². The number of nitrogens with one attached hydrogen (secondary N) is 2. The average molecular weight is 359 g/mol. The molecule has 2 N–H and O–H groups in total. The number of sulfonamides is 1. The van der Waals surface area contributed by atoms with Crippen molar-refractivity contribution in [2.45, 2.75) is 35.7 Å². The molecule has 24 heavy (non-hydrogen) atoms. The first-order valence-corrected chi connectivity index (χ1v) is 9.23. The summed E-state index contributed by atoms with van der Waals surface area (Å²) >= 11 is 0. The summed E-state index contributed by atoms with van der Waals surface area (Å²) in [5, 5.41) is 2.92. The van der Waals surface area contributed by atoms with E-state index in [0.29, 0.717) is 0 Å². The number of halogens is 2. The van der Waals surface area contributed by atoms with E-state index in [1.165, 1.54) is 12.1 Å². The zero-order valence-corrected chi connectivity index (χ0v) is 13.7. The van der Waals surface area contributed by atoms with Crippen LogP contribution in [-0.4, -0.2) is 56.9 Å². The molecule has 0 radical (unpaired) electrons. The van der Waals surface area contributed by atoms with Crippen LogP contribution in [0.2, 0.25) is 0 Å². The van der Waals surface area contributed by atoms with E-state index in [4.69, 9.17) is 0 Å². The third kappa shape index (κ3) is 3.73. The molecule has 132 valence electrons.